The molecule has 0 aromatic heterocycles. The molecule has 1 rings (SSSR count). The highest BCUT2D eigenvalue weighted by atomic mass is 32.2. The van der Waals surface area contributed by atoms with Crippen LogP contribution in [-0.4, -0.2) is 49.0 Å². The molecule has 5 nitrogen and oxygen atoms in total. The van der Waals surface area contributed by atoms with Crippen molar-refractivity contribution in [2.75, 3.05) is 31.1 Å². The van der Waals surface area contributed by atoms with Crippen LogP contribution in [0.15, 0.2) is 0 Å². The number of rotatable bonds is 5. The van der Waals surface area contributed by atoms with Crippen LogP contribution in [0.1, 0.15) is 13.8 Å². The Hall–Kier alpha value is -0.750. The summed E-state index contributed by atoms with van der Waals surface area (Å²) in [7, 11) is 0. The van der Waals surface area contributed by atoms with Gasteiger partial charge >= 0.3 is 0 Å². The summed E-state index contributed by atoms with van der Waals surface area (Å²) in [5.41, 5.74) is 0. The first-order valence-corrected chi connectivity index (χ1v) is 7.10. The first-order valence-electron chi connectivity index (χ1n) is 5.95. The van der Waals surface area contributed by atoms with Crippen molar-refractivity contribution in [3.8, 4) is 0 Å². The average molecular weight is 259 g/mol. The Morgan fingerprint density at radius 2 is 2.18 bits per heavy atom. The minimum Gasteiger partial charge on any atom is -0.354 e. The first kappa shape index (κ1) is 14.3. The van der Waals surface area contributed by atoms with Crippen molar-refractivity contribution in [3.05, 3.63) is 0 Å². The molecule has 6 heteroatoms. The zero-order valence-corrected chi connectivity index (χ0v) is 11.2. The molecule has 1 unspecified atom stereocenters. The molecule has 0 spiro atoms. The van der Waals surface area contributed by atoms with Crippen LogP contribution in [0, 0.1) is 5.92 Å². The number of nitrogens with one attached hydrogen (secondary N) is 3. The quantitative estimate of drug-likeness (QED) is 0.627. The number of amides is 2. The van der Waals surface area contributed by atoms with Crippen LogP contribution in [0.5, 0.6) is 0 Å². The van der Waals surface area contributed by atoms with Gasteiger partial charge in [0.2, 0.25) is 11.8 Å². The summed E-state index contributed by atoms with van der Waals surface area (Å²) in [6.07, 6.45) is 0. The van der Waals surface area contributed by atoms with Gasteiger partial charge in [-0.1, -0.05) is 13.8 Å². The Morgan fingerprint density at radius 1 is 1.41 bits per heavy atom. The van der Waals surface area contributed by atoms with Gasteiger partial charge in [-0.2, -0.15) is 11.8 Å². The van der Waals surface area contributed by atoms with E-state index >= 15 is 0 Å². The Labute approximate surface area is 106 Å². The molecule has 1 aliphatic rings. The fraction of sp³-hybridized carbons (Fsp3) is 0.818. The van der Waals surface area contributed by atoms with E-state index in [1.165, 1.54) is 0 Å². The second kappa shape index (κ2) is 7.55. The predicted molar refractivity (Wildman–Crippen MR) is 70.0 cm³/mol. The maximum atomic E-state index is 11.7. The van der Waals surface area contributed by atoms with Crippen LogP contribution in [0.3, 0.4) is 0 Å². The highest BCUT2D eigenvalue weighted by Gasteiger charge is 2.20. The SMILES string of the molecule is CC(C)CNC(=O)CNC(=O)C1CSCCN1. The molecule has 3 N–H and O–H groups in total. The lowest BCUT2D eigenvalue weighted by Gasteiger charge is -2.22. The third-order valence-electron chi connectivity index (χ3n) is 2.37. The summed E-state index contributed by atoms with van der Waals surface area (Å²) in [4.78, 5) is 23.1. The molecule has 0 radical (unpaired) electrons. The lowest BCUT2D eigenvalue weighted by molar-refractivity contribution is -0.127. The zero-order valence-electron chi connectivity index (χ0n) is 10.4. The predicted octanol–water partition coefficient (Wildman–Crippen LogP) is -0.420. The summed E-state index contributed by atoms with van der Waals surface area (Å²) in [5.74, 6) is 2.02. The molecule has 0 bridgehead atoms. The van der Waals surface area contributed by atoms with Crippen LogP contribution >= 0.6 is 11.8 Å². The highest BCUT2D eigenvalue weighted by Crippen LogP contribution is 2.07. The van der Waals surface area contributed by atoms with Crippen LogP contribution in [0.2, 0.25) is 0 Å². The first-order chi connectivity index (χ1) is 8.09. The van der Waals surface area contributed by atoms with Crippen molar-refractivity contribution >= 4 is 23.6 Å². The Bertz CT molecular complexity index is 265. The van der Waals surface area contributed by atoms with Crippen molar-refractivity contribution in [1.82, 2.24) is 16.0 Å². The summed E-state index contributed by atoms with van der Waals surface area (Å²) in [6, 6.07) is -0.161. The van der Waals surface area contributed by atoms with Crippen molar-refractivity contribution in [3.63, 3.8) is 0 Å². The molecular formula is C11H21N3O2S. The van der Waals surface area contributed by atoms with Crippen molar-refractivity contribution in [1.29, 1.82) is 0 Å². The summed E-state index contributed by atoms with van der Waals surface area (Å²) < 4.78 is 0. The molecule has 1 heterocycles. The lowest BCUT2D eigenvalue weighted by Crippen LogP contribution is -2.50. The van der Waals surface area contributed by atoms with E-state index in [1.54, 1.807) is 11.8 Å². The van der Waals surface area contributed by atoms with E-state index < -0.39 is 0 Å². The normalized spacial score (nSPS) is 20.1. The van der Waals surface area contributed by atoms with Gasteiger partial charge < -0.3 is 16.0 Å². The second-order valence-corrected chi connectivity index (χ2v) is 5.65. The minimum atomic E-state index is -0.161. The van der Waals surface area contributed by atoms with E-state index in [0.29, 0.717) is 12.5 Å². The molecule has 0 aliphatic carbocycles. The van der Waals surface area contributed by atoms with Gasteiger partial charge in [-0.05, 0) is 5.92 Å². The second-order valence-electron chi connectivity index (χ2n) is 4.50. The van der Waals surface area contributed by atoms with Gasteiger partial charge in [-0.15, -0.1) is 0 Å². The van der Waals surface area contributed by atoms with Gasteiger partial charge in [-0.25, -0.2) is 0 Å². The van der Waals surface area contributed by atoms with Crippen LogP contribution in [0.25, 0.3) is 0 Å². The number of hydrogen-bond donors (Lipinski definition) is 3. The smallest absolute Gasteiger partial charge is 0.239 e. The lowest BCUT2D eigenvalue weighted by atomic mass is 10.2. The monoisotopic (exact) mass is 259 g/mol. The third kappa shape index (κ3) is 5.93. The van der Waals surface area contributed by atoms with Crippen molar-refractivity contribution in [2.45, 2.75) is 19.9 Å². The van der Waals surface area contributed by atoms with Gasteiger partial charge in [0.15, 0.2) is 0 Å². The summed E-state index contributed by atoms with van der Waals surface area (Å²) in [6.45, 7) is 5.62. The summed E-state index contributed by atoms with van der Waals surface area (Å²) >= 11 is 1.76. The maximum absolute atomic E-state index is 11.7. The van der Waals surface area contributed by atoms with Gasteiger partial charge in [-0.3, -0.25) is 9.59 Å². The van der Waals surface area contributed by atoms with Crippen LogP contribution in [0.4, 0.5) is 0 Å². The molecule has 0 saturated carbocycles. The third-order valence-corrected chi connectivity index (χ3v) is 3.43. The van der Waals surface area contributed by atoms with Gasteiger partial charge in [0.25, 0.3) is 0 Å². The largest absolute Gasteiger partial charge is 0.354 e. The van der Waals surface area contributed by atoms with E-state index in [1.807, 2.05) is 13.8 Å². The number of thioether (sulfide) groups is 1. The van der Waals surface area contributed by atoms with E-state index in [4.69, 9.17) is 0 Å². The van der Waals surface area contributed by atoms with E-state index in [-0.39, 0.29) is 24.4 Å². The fourth-order valence-electron chi connectivity index (χ4n) is 1.40. The molecule has 0 aromatic carbocycles. The molecule has 1 saturated heterocycles. The topological polar surface area (TPSA) is 70.2 Å². The maximum Gasteiger partial charge on any atom is 0.239 e. The standard InChI is InChI=1S/C11H21N3O2S/c1-8(2)5-13-10(15)6-14-11(16)9-7-17-4-3-12-9/h8-9,12H,3-7H2,1-2H3,(H,13,15)(H,14,16). The Balaban J connectivity index is 2.16. The van der Waals surface area contributed by atoms with Crippen molar-refractivity contribution in [2.24, 2.45) is 5.92 Å². The molecule has 98 valence electrons. The summed E-state index contributed by atoms with van der Waals surface area (Å²) in [5, 5.41) is 8.54. The molecule has 1 fully saturated rings. The Kier molecular flexibility index (Phi) is 6.36. The fourth-order valence-corrected chi connectivity index (χ4v) is 2.34. The van der Waals surface area contributed by atoms with Gasteiger partial charge in [0.1, 0.15) is 0 Å². The molecule has 0 aromatic rings. The number of hydrogen-bond acceptors (Lipinski definition) is 4. The molecule has 2 amide bonds. The highest BCUT2D eigenvalue weighted by molar-refractivity contribution is 7.99. The molecule has 1 atom stereocenters. The number of carbonyl (C=O) groups excluding carboxylic acids is 2. The molecule has 17 heavy (non-hydrogen) atoms. The van der Waals surface area contributed by atoms with Gasteiger partial charge in [0, 0.05) is 24.6 Å². The molecule has 1 aliphatic heterocycles. The van der Waals surface area contributed by atoms with Crippen LogP contribution in [-0.2, 0) is 9.59 Å². The van der Waals surface area contributed by atoms with Crippen molar-refractivity contribution < 1.29 is 9.59 Å². The van der Waals surface area contributed by atoms with Gasteiger partial charge in [0.05, 0.1) is 12.6 Å². The van der Waals surface area contributed by atoms with E-state index in [0.717, 1.165) is 18.1 Å². The van der Waals surface area contributed by atoms with E-state index in [2.05, 4.69) is 16.0 Å². The zero-order chi connectivity index (χ0) is 12.7. The Morgan fingerprint density at radius 3 is 2.76 bits per heavy atom. The van der Waals surface area contributed by atoms with E-state index in [9.17, 15) is 9.59 Å². The number of carbonyl (C=O) groups is 2. The molecular weight excluding hydrogens is 238 g/mol. The average Bonchev–Trinajstić information content (AvgIpc) is 2.34. The minimum absolute atomic E-state index is 0.0639. The van der Waals surface area contributed by atoms with Crippen LogP contribution < -0.4 is 16.0 Å².